The molecule has 1 amide bonds. The highest BCUT2D eigenvalue weighted by Gasteiger charge is 2.24. The van der Waals surface area contributed by atoms with Crippen LogP contribution in [0.5, 0.6) is 11.5 Å². The summed E-state index contributed by atoms with van der Waals surface area (Å²) in [5.74, 6) is 0.424. The Hall–Kier alpha value is -2.97. The molecular weight excluding hydrogens is 346 g/mol. The van der Waals surface area contributed by atoms with Crippen LogP contribution >= 0.6 is 0 Å². The first kappa shape index (κ1) is 17.8. The number of nitrogens with zero attached hydrogens (tertiary/aromatic N) is 4. The van der Waals surface area contributed by atoms with Gasteiger partial charge in [0, 0.05) is 44.1 Å². The third-order valence-corrected chi connectivity index (χ3v) is 4.03. The molecule has 3 rings (SSSR count). The Morgan fingerprint density at radius 3 is 2.42 bits per heavy atom. The molecule has 138 valence electrons. The summed E-state index contributed by atoms with van der Waals surface area (Å²) in [6, 6.07) is 5.92. The number of ether oxygens (including phenoxy) is 2. The van der Waals surface area contributed by atoms with Gasteiger partial charge in [-0.1, -0.05) is 0 Å². The van der Waals surface area contributed by atoms with E-state index in [1.54, 1.807) is 23.4 Å². The number of amides is 1. The van der Waals surface area contributed by atoms with Crippen LogP contribution in [0.15, 0.2) is 36.7 Å². The van der Waals surface area contributed by atoms with Gasteiger partial charge < -0.3 is 19.3 Å². The lowest BCUT2D eigenvalue weighted by molar-refractivity contribution is -0.0512. The summed E-state index contributed by atoms with van der Waals surface area (Å²) in [5, 5.41) is 0. The number of anilines is 1. The van der Waals surface area contributed by atoms with Gasteiger partial charge in [-0.15, -0.1) is 0 Å². The van der Waals surface area contributed by atoms with Crippen LogP contribution in [-0.4, -0.2) is 60.7 Å². The van der Waals surface area contributed by atoms with E-state index in [-0.39, 0.29) is 17.4 Å². The van der Waals surface area contributed by atoms with Gasteiger partial charge in [-0.25, -0.2) is 9.97 Å². The van der Waals surface area contributed by atoms with Crippen LogP contribution in [0.25, 0.3) is 0 Å². The van der Waals surface area contributed by atoms with Crippen molar-refractivity contribution in [1.82, 2.24) is 14.9 Å². The van der Waals surface area contributed by atoms with Gasteiger partial charge in [-0.3, -0.25) is 4.79 Å². The number of carbonyl (C=O) groups excluding carboxylic acids is 1. The van der Waals surface area contributed by atoms with E-state index >= 15 is 0 Å². The van der Waals surface area contributed by atoms with Gasteiger partial charge in [0.05, 0.1) is 7.11 Å². The average molecular weight is 364 g/mol. The minimum atomic E-state index is -2.96. The maximum absolute atomic E-state index is 12.7. The fourth-order valence-electron chi connectivity index (χ4n) is 2.74. The SMILES string of the molecule is COc1cc(C(=O)N2CCN(c3ncccn3)CC2)ccc1OC(F)F. The van der Waals surface area contributed by atoms with E-state index in [1.165, 1.54) is 25.3 Å². The van der Waals surface area contributed by atoms with E-state index in [1.807, 2.05) is 4.90 Å². The molecule has 1 aliphatic heterocycles. The predicted molar refractivity (Wildman–Crippen MR) is 89.8 cm³/mol. The fourth-order valence-corrected chi connectivity index (χ4v) is 2.74. The number of rotatable bonds is 5. The number of halogens is 2. The summed E-state index contributed by atoms with van der Waals surface area (Å²) in [7, 11) is 1.33. The number of methoxy groups -OCH3 is 1. The van der Waals surface area contributed by atoms with E-state index in [0.717, 1.165) is 0 Å². The van der Waals surface area contributed by atoms with E-state index in [4.69, 9.17) is 4.74 Å². The van der Waals surface area contributed by atoms with Crippen molar-refractivity contribution in [3.05, 3.63) is 42.2 Å². The molecular formula is C17H18F2N4O3. The molecule has 0 N–H and O–H groups in total. The monoisotopic (exact) mass is 364 g/mol. The number of hydrogen-bond acceptors (Lipinski definition) is 6. The zero-order chi connectivity index (χ0) is 18.5. The highest BCUT2D eigenvalue weighted by Crippen LogP contribution is 2.30. The molecule has 2 heterocycles. The number of hydrogen-bond donors (Lipinski definition) is 0. The highest BCUT2D eigenvalue weighted by atomic mass is 19.3. The Morgan fingerprint density at radius 1 is 1.12 bits per heavy atom. The third kappa shape index (κ3) is 3.98. The highest BCUT2D eigenvalue weighted by molar-refractivity contribution is 5.95. The minimum absolute atomic E-state index is 0.0903. The number of alkyl halides is 2. The summed E-state index contributed by atoms with van der Waals surface area (Å²) in [4.78, 5) is 24.8. The predicted octanol–water partition coefficient (Wildman–Crippen LogP) is 2.05. The maximum atomic E-state index is 12.7. The first-order chi connectivity index (χ1) is 12.6. The number of aromatic nitrogens is 2. The zero-order valence-electron chi connectivity index (χ0n) is 14.1. The molecule has 0 unspecified atom stereocenters. The van der Waals surface area contributed by atoms with Crippen molar-refractivity contribution in [3.63, 3.8) is 0 Å². The van der Waals surface area contributed by atoms with E-state index < -0.39 is 6.61 Å². The zero-order valence-corrected chi connectivity index (χ0v) is 14.1. The molecule has 2 aromatic rings. The Balaban J connectivity index is 1.66. The van der Waals surface area contributed by atoms with Crippen molar-refractivity contribution in [2.75, 3.05) is 38.2 Å². The van der Waals surface area contributed by atoms with Crippen molar-refractivity contribution in [2.45, 2.75) is 6.61 Å². The molecule has 1 aromatic heterocycles. The number of benzene rings is 1. The summed E-state index contributed by atoms with van der Waals surface area (Å²) in [5.41, 5.74) is 0.355. The lowest BCUT2D eigenvalue weighted by Gasteiger charge is -2.34. The maximum Gasteiger partial charge on any atom is 0.387 e. The van der Waals surface area contributed by atoms with E-state index in [2.05, 4.69) is 14.7 Å². The molecule has 0 spiro atoms. The van der Waals surface area contributed by atoms with Crippen molar-refractivity contribution < 1.29 is 23.0 Å². The van der Waals surface area contributed by atoms with Crippen LogP contribution in [0.1, 0.15) is 10.4 Å². The van der Waals surface area contributed by atoms with Gasteiger partial charge in [0.2, 0.25) is 5.95 Å². The average Bonchev–Trinajstić information content (AvgIpc) is 2.68. The van der Waals surface area contributed by atoms with Gasteiger partial charge >= 0.3 is 6.61 Å². The molecule has 1 aromatic carbocycles. The van der Waals surface area contributed by atoms with Gasteiger partial charge in [0.15, 0.2) is 11.5 Å². The minimum Gasteiger partial charge on any atom is -0.493 e. The molecule has 1 fully saturated rings. The first-order valence-corrected chi connectivity index (χ1v) is 8.02. The standard InChI is InChI=1S/C17H18F2N4O3/c1-25-14-11-12(3-4-13(14)26-16(18)19)15(24)22-7-9-23(10-8-22)17-20-5-2-6-21-17/h2-6,11,16H,7-10H2,1H3. The number of piperazine rings is 1. The molecule has 0 atom stereocenters. The van der Waals surface area contributed by atoms with Crippen molar-refractivity contribution in [1.29, 1.82) is 0 Å². The second-order valence-corrected chi connectivity index (χ2v) is 5.57. The topological polar surface area (TPSA) is 67.8 Å². The first-order valence-electron chi connectivity index (χ1n) is 8.02. The van der Waals surface area contributed by atoms with Crippen molar-refractivity contribution in [2.24, 2.45) is 0 Å². The molecule has 9 heteroatoms. The van der Waals surface area contributed by atoms with Gasteiger partial charge in [0.25, 0.3) is 5.91 Å². The summed E-state index contributed by atoms with van der Waals surface area (Å²) in [6.45, 7) is -0.721. The smallest absolute Gasteiger partial charge is 0.387 e. The van der Waals surface area contributed by atoms with Crippen LogP contribution < -0.4 is 14.4 Å². The van der Waals surface area contributed by atoms with Crippen molar-refractivity contribution >= 4 is 11.9 Å². The molecule has 1 aliphatic rings. The fraction of sp³-hybridized carbons (Fsp3) is 0.353. The molecule has 26 heavy (non-hydrogen) atoms. The largest absolute Gasteiger partial charge is 0.493 e. The second kappa shape index (κ2) is 7.94. The van der Waals surface area contributed by atoms with Crippen molar-refractivity contribution in [3.8, 4) is 11.5 Å². The third-order valence-electron chi connectivity index (χ3n) is 4.03. The van der Waals surface area contributed by atoms with Crippen LogP contribution in [-0.2, 0) is 0 Å². The molecule has 1 saturated heterocycles. The quantitative estimate of drug-likeness (QED) is 0.809. The lowest BCUT2D eigenvalue weighted by atomic mass is 10.1. The molecule has 7 nitrogen and oxygen atoms in total. The van der Waals surface area contributed by atoms with Crippen LogP contribution in [0.4, 0.5) is 14.7 Å². The Bertz CT molecular complexity index is 753. The van der Waals surface area contributed by atoms with E-state index in [0.29, 0.717) is 37.7 Å². The summed E-state index contributed by atoms with van der Waals surface area (Å²) >= 11 is 0. The molecule has 0 aliphatic carbocycles. The summed E-state index contributed by atoms with van der Waals surface area (Å²) in [6.07, 6.45) is 3.35. The van der Waals surface area contributed by atoms with Gasteiger partial charge in [-0.2, -0.15) is 8.78 Å². The normalized spacial score (nSPS) is 14.5. The van der Waals surface area contributed by atoms with Crippen LogP contribution in [0.3, 0.4) is 0 Å². The Labute approximate surface area is 149 Å². The van der Waals surface area contributed by atoms with Gasteiger partial charge in [-0.05, 0) is 24.3 Å². The Kier molecular flexibility index (Phi) is 5.45. The lowest BCUT2D eigenvalue weighted by Crippen LogP contribution is -2.49. The molecule has 0 saturated carbocycles. The molecule has 0 radical (unpaired) electrons. The van der Waals surface area contributed by atoms with Crippen LogP contribution in [0.2, 0.25) is 0 Å². The van der Waals surface area contributed by atoms with E-state index in [9.17, 15) is 13.6 Å². The molecule has 0 bridgehead atoms. The van der Waals surface area contributed by atoms with Gasteiger partial charge in [0.1, 0.15) is 0 Å². The number of carbonyl (C=O) groups is 1. The summed E-state index contributed by atoms with van der Waals surface area (Å²) < 4.78 is 34.2. The second-order valence-electron chi connectivity index (χ2n) is 5.57. The Morgan fingerprint density at radius 2 is 1.81 bits per heavy atom. The van der Waals surface area contributed by atoms with Crippen LogP contribution in [0, 0.1) is 0 Å².